The average molecular weight is 340 g/mol. The normalized spacial score (nSPS) is 11.4. The summed E-state index contributed by atoms with van der Waals surface area (Å²) in [5, 5.41) is 0. The third-order valence-electron chi connectivity index (χ3n) is 4.29. The third kappa shape index (κ3) is 3.39. The van der Waals surface area contributed by atoms with Crippen LogP contribution in [-0.2, 0) is 6.54 Å². The molecule has 1 N–H and O–H groups in total. The summed E-state index contributed by atoms with van der Waals surface area (Å²) in [5.41, 5.74) is 5.90. The Morgan fingerprint density at radius 3 is 2.54 bits per heavy atom. The molecule has 0 spiro atoms. The predicted octanol–water partition coefficient (Wildman–Crippen LogP) is 5.52. The number of aromatic nitrogens is 2. The van der Waals surface area contributed by atoms with E-state index in [1.165, 1.54) is 16.7 Å². The van der Waals surface area contributed by atoms with Crippen LogP contribution in [0.15, 0.2) is 36.4 Å². The quantitative estimate of drug-likeness (QED) is 0.620. The Labute approximate surface area is 148 Å². The number of hydrogen-bond acceptors (Lipinski definition) is 2. The van der Waals surface area contributed by atoms with Gasteiger partial charge in [0.05, 0.1) is 17.6 Å². The minimum Gasteiger partial charge on any atom is -0.491 e. The van der Waals surface area contributed by atoms with Crippen molar-refractivity contribution in [1.82, 2.24) is 9.55 Å². The van der Waals surface area contributed by atoms with Gasteiger partial charge in [-0.2, -0.15) is 0 Å². The number of imidazole rings is 1. The highest BCUT2D eigenvalue weighted by Crippen LogP contribution is 2.27. The van der Waals surface area contributed by atoms with Crippen molar-refractivity contribution >= 4 is 23.3 Å². The van der Waals surface area contributed by atoms with Crippen molar-refractivity contribution in [2.24, 2.45) is 0 Å². The molecule has 0 amide bonds. The van der Waals surface area contributed by atoms with Gasteiger partial charge in [0.25, 0.3) is 0 Å². The van der Waals surface area contributed by atoms with E-state index >= 15 is 0 Å². The second kappa shape index (κ2) is 6.81. The minimum absolute atomic E-state index is 0.443. The zero-order chi connectivity index (χ0) is 17.3. The molecule has 126 valence electrons. The summed E-state index contributed by atoms with van der Waals surface area (Å²) < 4.78 is 8.96. The Bertz CT molecular complexity index is 921. The molecule has 3 nitrogen and oxygen atoms in total. The van der Waals surface area contributed by atoms with Gasteiger partial charge in [-0.1, -0.05) is 32.0 Å². The van der Waals surface area contributed by atoms with Gasteiger partial charge < -0.3 is 14.3 Å². The number of nitrogens with zero attached hydrogens (tertiary/aromatic N) is 1. The molecule has 0 atom stereocenters. The predicted molar refractivity (Wildman–Crippen MR) is 103 cm³/mol. The van der Waals surface area contributed by atoms with E-state index in [4.69, 9.17) is 17.0 Å². The zero-order valence-electron chi connectivity index (χ0n) is 14.7. The number of ether oxygens (including phenoxy) is 1. The maximum absolute atomic E-state index is 6.11. The molecule has 1 aromatic heterocycles. The second-order valence-corrected chi connectivity index (χ2v) is 7.03. The van der Waals surface area contributed by atoms with Gasteiger partial charge in [0.2, 0.25) is 0 Å². The number of fused-ring (bicyclic) bond motifs is 1. The number of H-pyrrole nitrogens is 1. The SMILES string of the molecule is Cc1ccc(C(C)C)c(OCCn2c(=S)[nH]c3ccc(C)cc32)c1. The molecule has 2 aromatic carbocycles. The first-order valence-corrected chi connectivity index (χ1v) is 8.79. The van der Waals surface area contributed by atoms with E-state index in [0.29, 0.717) is 12.5 Å². The van der Waals surface area contributed by atoms with Crippen molar-refractivity contribution in [3.05, 3.63) is 57.9 Å². The average Bonchev–Trinajstić information content (AvgIpc) is 2.82. The number of aryl methyl sites for hydroxylation is 2. The summed E-state index contributed by atoms with van der Waals surface area (Å²) in [4.78, 5) is 3.26. The highest BCUT2D eigenvalue weighted by molar-refractivity contribution is 7.71. The minimum atomic E-state index is 0.443. The van der Waals surface area contributed by atoms with Crippen LogP contribution in [0.2, 0.25) is 0 Å². The van der Waals surface area contributed by atoms with Crippen LogP contribution in [0.25, 0.3) is 11.0 Å². The van der Waals surface area contributed by atoms with Gasteiger partial charge in [-0.25, -0.2) is 0 Å². The Morgan fingerprint density at radius 2 is 1.79 bits per heavy atom. The van der Waals surface area contributed by atoms with Crippen LogP contribution in [0.1, 0.15) is 36.5 Å². The lowest BCUT2D eigenvalue weighted by molar-refractivity contribution is 0.295. The maximum atomic E-state index is 6.11. The van der Waals surface area contributed by atoms with E-state index in [9.17, 15) is 0 Å². The summed E-state index contributed by atoms with van der Waals surface area (Å²) in [6.07, 6.45) is 0. The Kier molecular flexibility index (Phi) is 4.76. The van der Waals surface area contributed by atoms with Gasteiger partial charge in [0.1, 0.15) is 12.4 Å². The summed E-state index contributed by atoms with van der Waals surface area (Å²) in [6, 6.07) is 12.8. The molecule has 24 heavy (non-hydrogen) atoms. The summed E-state index contributed by atoms with van der Waals surface area (Å²) >= 11 is 5.47. The van der Waals surface area contributed by atoms with E-state index in [-0.39, 0.29) is 0 Å². The molecule has 1 heterocycles. The van der Waals surface area contributed by atoms with E-state index < -0.39 is 0 Å². The molecule has 0 bridgehead atoms. The van der Waals surface area contributed by atoms with E-state index in [1.807, 2.05) is 0 Å². The van der Waals surface area contributed by atoms with Crippen LogP contribution in [-0.4, -0.2) is 16.2 Å². The third-order valence-corrected chi connectivity index (χ3v) is 4.62. The molecule has 0 saturated heterocycles. The van der Waals surface area contributed by atoms with Crippen molar-refractivity contribution in [3.8, 4) is 5.75 Å². The first kappa shape index (κ1) is 16.8. The second-order valence-electron chi connectivity index (χ2n) is 6.65. The lowest BCUT2D eigenvalue weighted by Crippen LogP contribution is -2.09. The Morgan fingerprint density at radius 1 is 1.08 bits per heavy atom. The molecule has 0 fully saturated rings. The van der Waals surface area contributed by atoms with E-state index in [1.54, 1.807) is 0 Å². The monoisotopic (exact) mass is 340 g/mol. The summed E-state index contributed by atoms with van der Waals surface area (Å²) in [6.45, 7) is 9.89. The van der Waals surface area contributed by atoms with Crippen LogP contribution in [0, 0.1) is 18.6 Å². The van der Waals surface area contributed by atoms with Gasteiger partial charge in [-0.15, -0.1) is 0 Å². The number of benzene rings is 2. The molecule has 0 unspecified atom stereocenters. The number of rotatable bonds is 5. The number of hydrogen-bond donors (Lipinski definition) is 1. The first-order chi connectivity index (χ1) is 11.5. The Hall–Kier alpha value is -2.07. The molecule has 0 radical (unpaired) electrons. The molecular weight excluding hydrogens is 316 g/mol. The van der Waals surface area contributed by atoms with Crippen molar-refractivity contribution in [2.75, 3.05) is 6.61 Å². The maximum Gasteiger partial charge on any atom is 0.178 e. The van der Waals surface area contributed by atoms with Crippen molar-refractivity contribution < 1.29 is 4.74 Å². The van der Waals surface area contributed by atoms with E-state index in [0.717, 1.165) is 28.1 Å². The standard InChI is InChI=1S/C20H24N2OS/c1-13(2)16-7-5-15(4)12-19(16)23-10-9-22-18-11-14(3)6-8-17(18)21-20(22)24/h5-8,11-13H,9-10H2,1-4H3,(H,21,24). The van der Waals surface area contributed by atoms with Crippen LogP contribution >= 0.6 is 12.2 Å². The van der Waals surface area contributed by atoms with Crippen molar-refractivity contribution in [1.29, 1.82) is 0 Å². The molecule has 0 aliphatic heterocycles. The largest absolute Gasteiger partial charge is 0.491 e. The van der Waals surface area contributed by atoms with Crippen LogP contribution in [0.5, 0.6) is 5.75 Å². The fourth-order valence-electron chi connectivity index (χ4n) is 2.98. The van der Waals surface area contributed by atoms with Gasteiger partial charge in [0, 0.05) is 0 Å². The Balaban J connectivity index is 1.81. The van der Waals surface area contributed by atoms with Gasteiger partial charge >= 0.3 is 0 Å². The fourth-order valence-corrected chi connectivity index (χ4v) is 3.27. The number of aromatic amines is 1. The molecular formula is C20H24N2OS. The topological polar surface area (TPSA) is 29.9 Å². The summed E-state index contributed by atoms with van der Waals surface area (Å²) in [7, 11) is 0. The number of nitrogens with one attached hydrogen (secondary N) is 1. The van der Waals surface area contributed by atoms with E-state index in [2.05, 4.69) is 73.6 Å². The smallest absolute Gasteiger partial charge is 0.178 e. The van der Waals surface area contributed by atoms with Crippen LogP contribution in [0.4, 0.5) is 0 Å². The van der Waals surface area contributed by atoms with Gasteiger partial charge in [-0.05, 0) is 66.9 Å². The van der Waals surface area contributed by atoms with Crippen molar-refractivity contribution in [3.63, 3.8) is 0 Å². The first-order valence-electron chi connectivity index (χ1n) is 8.38. The lowest BCUT2D eigenvalue weighted by Gasteiger charge is -2.15. The van der Waals surface area contributed by atoms with Crippen molar-refractivity contribution in [2.45, 2.75) is 40.2 Å². The lowest BCUT2D eigenvalue weighted by atomic mass is 10.0. The zero-order valence-corrected chi connectivity index (χ0v) is 15.5. The van der Waals surface area contributed by atoms with Gasteiger partial charge in [-0.3, -0.25) is 0 Å². The molecule has 4 heteroatoms. The highest BCUT2D eigenvalue weighted by Gasteiger charge is 2.09. The van der Waals surface area contributed by atoms with Gasteiger partial charge in [0.15, 0.2) is 4.77 Å². The highest BCUT2D eigenvalue weighted by atomic mass is 32.1. The summed E-state index contributed by atoms with van der Waals surface area (Å²) in [5.74, 6) is 1.42. The molecule has 3 aromatic rings. The molecule has 0 aliphatic rings. The molecule has 3 rings (SSSR count). The van der Waals surface area contributed by atoms with Crippen LogP contribution < -0.4 is 4.74 Å². The molecule has 0 aliphatic carbocycles. The fraction of sp³-hybridized carbons (Fsp3) is 0.350. The van der Waals surface area contributed by atoms with Crippen LogP contribution in [0.3, 0.4) is 0 Å². The molecule has 0 saturated carbocycles.